The first-order valence-corrected chi connectivity index (χ1v) is 8.87. The number of rotatable bonds is 6. The fraction of sp³-hybridized carbons (Fsp3) is 0.316. The number of carbonyl (C=O) groups excluding carboxylic acids is 1. The van der Waals surface area contributed by atoms with Crippen molar-refractivity contribution in [3.8, 4) is 0 Å². The summed E-state index contributed by atoms with van der Waals surface area (Å²) in [5.74, 6) is -0.0594. The molecule has 3 rings (SSSR count). The van der Waals surface area contributed by atoms with Gasteiger partial charge in [-0.3, -0.25) is 4.79 Å². The van der Waals surface area contributed by atoms with E-state index in [0.717, 1.165) is 10.2 Å². The summed E-state index contributed by atoms with van der Waals surface area (Å²) in [6.45, 7) is 5.25. The van der Waals surface area contributed by atoms with E-state index in [1.165, 1.54) is 10.4 Å². The molecule has 1 amide bonds. The zero-order valence-electron chi connectivity index (χ0n) is 14.2. The molecule has 1 unspecified atom stereocenters. The summed E-state index contributed by atoms with van der Waals surface area (Å²) in [4.78, 5) is 13.9. The summed E-state index contributed by atoms with van der Waals surface area (Å²) in [5.41, 5.74) is 3.00. The average molecular weight is 342 g/mol. The third-order valence-electron chi connectivity index (χ3n) is 4.14. The highest BCUT2D eigenvalue weighted by Gasteiger charge is 2.21. The summed E-state index contributed by atoms with van der Waals surface area (Å²) in [7, 11) is 1.63. The number of nitrogens with zero attached hydrogens (tertiary/aromatic N) is 1. The van der Waals surface area contributed by atoms with E-state index in [2.05, 4.69) is 41.9 Å². The van der Waals surface area contributed by atoms with Crippen molar-refractivity contribution in [1.82, 2.24) is 9.88 Å². The molecule has 2 heterocycles. The molecule has 0 spiro atoms. The third kappa shape index (κ3) is 3.23. The number of thiophene rings is 1. The molecule has 2 aromatic heterocycles. The van der Waals surface area contributed by atoms with Crippen LogP contribution >= 0.6 is 11.3 Å². The van der Waals surface area contributed by atoms with Crippen LogP contribution in [-0.4, -0.2) is 30.7 Å². The number of aryl methyl sites for hydroxylation is 1. The third-order valence-corrected chi connectivity index (χ3v) is 5.13. The summed E-state index contributed by atoms with van der Waals surface area (Å²) in [6.07, 6.45) is 0. The van der Waals surface area contributed by atoms with Gasteiger partial charge in [0.1, 0.15) is 5.69 Å². The van der Waals surface area contributed by atoms with Crippen molar-refractivity contribution in [2.75, 3.05) is 20.3 Å². The lowest BCUT2D eigenvalue weighted by Crippen LogP contribution is -2.29. The molecule has 3 aromatic rings. The second-order valence-corrected chi connectivity index (χ2v) is 7.13. The molecular weight excluding hydrogens is 320 g/mol. The minimum absolute atomic E-state index is 0.0594. The Labute approximate surface area is 146 Å². The van der Waals surface area contributed by atoms with Crippen LogP contribution in [0.3, 0.4) is 0 Å². The quantitative estimate of drug-likeness (QED) is 0.688. The number of hydrogen-bond donors (Lipinski definition) is 1. The fourth-order valence-electron chi connectivity index (χ4n) is 2.96. The SMILES string of the molecule is COCCNC(=O)c1cc2sc(C)cc2n1C(C)c1ccccc1. The number of aromatic nitrogens is 1. The van der Waals surface area contributed by atoms with Crippen LogP contribution < -0.4 is 5.32 Å². The van der Waals surface area contributed by atoms with Gasteiger partial charge in [-0.05, 0) is 31.5 Å². The molecule has 0 aliphatic heterocycles. The number of methoxy groups -OCH3 is 1. The Bertz CT molecular complexity index is 836. The number of nitrogens with one attached hydrogen (secondary N) is 1. The summed E-state index contributed by atoms with van der Waals surface area (Å²) in [6, 6.07) is 14.5. The van der Waals surface area contributed by atoms with E-state index < -0.39 is 0 Å². The van der Waals surface area contributed by atoms with Crippen LogP contribution in [0.2, 0.25) is 0 Å². The Morgan fingerprint density at radius 2 is 2.04 bits per heavy atom. The Morgan fingerprint density at radius 3 is 2.75 bits per heavy atom. The van der Waals surface area contributed by atoms with Crippen LogP contribution in [0.4, 0.5) is 0 Å². The van der Waals surface area contributed by atoms with Crippen molar-refractivity contribution in [3.05, 3.63) is 58.6 Å². The van der Waals surface area contributed by atoms with Gasteiger partial charge in [0, 0.05) is 18.5 Å². The van der Waals surface area contributed by atoms with E-state index in [9.17, 15) is 4.79 Å². The smallest absolute Gasteiger partial charge is 0.268 e. The maximum absolute atomic E-state index is 12.6. The van der Waals surface area contributed by atoms with Crippen molar-refractivity contribution in [1.29, 1.82) is 0 Å². The van der Waals surface area contributed by atoms with Gasteiger partial charge in [-0.2, -0.15) is 0 Å². The van der Waals surface area contributed by atoms with Crippen LogP contribution in [0.25, 0.3) is 10.2 Å². The second-order valence-electron chi connectivity index (χ2n) is 5.84. The van der Waals surface area contributed by atoms with E-state index in [1.807, 2.05) is 24.3 Å². The number of ether oxygens (including phenoxy) is 1. The van der Waals surface area contributed by atoms with Crippen molar-refractivity contribution in [2.45, 2.75) is 19.9 Å². The highest BCUT2D eigenvalue weighted by molar-refractivity contribution is 7.19. The molecule has 1 aromatic carbocycles. The monoisotopic (exact) mass is 342 g/mol. The standard InChI is InChI=1S/C19H22N2O2S/c1-13-11-16-18(24-13)12-17(19(22)20-9-10-23-3)21(16)14(2)15-7-5-4-6-8-15/h4-8,11-12,14H,9-10H2,1-3H3,(H,20,22). The van der Waals surface area contributed by atoms with Crippen LogP contribution in [0.1, 0.15) is 33.9 Å². The molecule has 0 aliphatic rings. The molecule has 24 heavy (non-hydrogen) atoms. The van der Waals surface area contributed by atoms with Gasteiger partial charge in [0.2, 0.25) is 0 Å². The van der Waals surface area contributed by atoms with Gasteiger partial charge in [-0.25, -0.2) is 0 Å². The van der Waals surface area contributed by atoms with Crippen molar-refractivity contribution >= 4 is 27.5 Å². The maximum Gasteiger partial charge on any atom is 0.268 e. The molecule has 0 bridgehead atoms. The zero-order valence-corrected chi connectivity index (χ0v) is 15.0. The first-order chi connectivity index (χ1) is 11.6. The largest absolute Gasteiger partial charge is 0.383 e. The van der Waals surface area contributed by atoms with Crippen molar-refractivity contribution in [2.24, 2.45) is 0 Å². The highest BCUT2D eigenvalue weighted by atomic mass is 32.1. The summed E-state index contributed by atoms with van der Waals surface area (Å²) in [5, 5.41) is 2.93. The lowest BCUT2D eigenvalue weighted by Gasteiger charge is -2.19. The van der Waals surface area contributed by atoms with Gasteiger partial charge in [0.25, 0.3) is 5.91 Å². The number of fused-ring (bicyclic) bond motifs is 1. The lowest BCUT2D eigenvalue weighted by atomic mass is 10.1. The number of amides is 1. The molecule has 4 nitrogen and oxygen atoms in total. The van der Waals surface area contributed by atoms with Gasteiger partial charge in [-0.1, -0.05) is 30.3 Å². The van der Waals surface area contributed by atoms with Gasteiger partial charge >= 0.3 is 0 Å². The van der Waals surface area contributed by atoms with Crippen LogP contribution in [-0.2, 0) is 4.74 Å². The first kappa shape index (κ1) is 16.7. The molecule has 0 aliphatic carbocycles. The molecule has 126 valence electrons. The summed E-state index contributed by atoms with van der Waals surface area (Å²) >= 11 is 1.72. The number of carbonyl (C=O) groups is 1. The normalized spacial score (nSPS) is 12.5. The molecule has 5 heteroatoms. The fourth-order valence-corrected chi connectivity index (χ4v) is 3.91. The number of benzene rings is 1. The molecule has 0 fully saturated rings. The maximum atomic E-state index is 12.6. The van der Waals surface area contributed by atoms with Gasteiger partial charge in [-0.15, -0.1) is 11.3 Å². The molecule has 0 radical (unpaired) electrons. The van der Waals surface area contributed by atoms with Gasteiger partial charge in [0.05, 0.1) is 22.9 Å². The summed E-state index contributed by atoms with van der Waals surface area (Å²) < 4.78 is 8.30. The highest BCUT2D eigenvalue weighted by Crippen LogP contribution is 2.33. The molecule has 1 atom stereocenters. The van der Waals surface area contributed by atoms with E-state index in [4.69, 9.17) is 4.74 Å². The molecule has 1 N–H and O–H groups in total. The zero-order chi connectivity index (χ0) is 17.1. The van der Waals surface area contributed by atoms with Gasteiger partial charge in [0.15, 0.2) is 0 Å². The average Bonchev–Trinajstić information content (AvgIpc) is 3.11. The van der Waals surface area contributed by atoms with E-state index in [-0.39, 0.29) is 11.9 Å². The van der Waals surface area contributed by atoms with E-state index >= 15 is 0 Å². The van der Waals surface area contributed by atoms with E-state index in [1.54, 1.807) is 18.4 Å². The molecule has 0 saturated carbocycles. The van der Waals surface area contributed by atoms with Crippen LogP contribution in [0.15, 0.2) is 42.5 Å². The molecular formula is C19H22N2O2S. The van der Waals surface area contributed by atoms with Crippen molar-refractivity contribution < 1.29 is 9.53 Å². The Kier molecular flexibility index (Phi) is 5.02. The van der Waals surface area contributed by atoms with Gasteiger partial charge < -0.3 is 14.6 Å². The first-order valence-electron chi connectivity index (χ1n) is 8.05. The Hall–Kier alpha value is -2.11. The van der Waals surface area contributed by atoms with E-state index in [0.29, 0.717) is 18.8 Å². The Balaban J connectivity index is 2.02. The minimum Gasteiger partial charge on any atom is -0.383 e. The molecule has 0 saturated heterocycles. The second kappa shape index (κ2) is 7.20. The number of hydrogen-bond acceptors (Lipinski definition) is 3. The predicted octanol–water partition coefficient (Wildman–Crippen LogP) is 4.00. The topological polar surface area (TPSA) is 43.3 Å². The minimum atomic E-state index is -0.0594. The van der Waals surface area contributed by atoms with Crippen molar-refractivity contribution in [3.63, 3.8) is 0 Å². The lowest BCUT2D eigenvalue weighted by molar-refractivity contribution is 0.0927. The van der Waals surface area contributed by atoms with Crippen LogP contribution in [0, 0.1) is 6.92 Å². The predicted molar refractivity (Wildman–Crippen MR) is 99.0 cm³/mol. The van der Waals surface area contributed by atoms with Crippen LogP contribution in [0.5, 0.6) is 0 Å². The Morgan fingerprint density at radius 1 is 1.29 bits per heavy atom.